The van der Waals surface area contributed by atoms with Gasteiger partial charge in [-0.1, -0.05) is 12.1 Å². The van der Waals surface area contributed by atoms with E-state index < -0.39 is 18.4 Å². The average Bonchev–Trinajstić information content (AvgIpc) is 3.16. The van der Waals surface area contributed by atoms with Crippen LogP contribution in [0.4, 0.5) is 13.2 Å². The molecule has 0 bridgehead atoms. The second kappa shape index (κ2) is 7.10. The molecule has 0 spiro atoms. The number of fused-ring (bicyclic) bond motifs is 1. The lowest BCUT2D eigenvalue weighted by Crippen LogP contribution is -2.35. The van der Waals surface area contributed by atoms with Gasteiger partial charge in [0.25, 0.3) is 5.91 Å². The Kier molecular flexibility index (Phi) is 4.60. The van der Waals surface area contributed by atoms with Gasteiger partial charge in [0.2, 0.25) is 5.91 Å². The van der Waals surface area contributed by atoms with Gasteiger partial charge in [0.15, 0.2) is 0 Å². The van der Waals surface area contributed by atoms with Crippen molar-refractivity contribution in [1.82, 2.24) is 19.6 Å². The molecule has 0 radical (unpaired) electrons. The van der Waals surface area contributed by atoms with Crippen LogP contribution in [0.25, 0.3) is 0 Å². The van der Waals surface area contributed by atoms with Crippen molar-refractivity contribution in [3.63, 3.8) is 0 Å². The summed E-state index contributed by atoms with van der Waals surface area (Å²) >= 11 is 0. The second-order valence-corrected chi connectivity index (χ2v) is 8.66. The smallest absolute Gasteiger partial charge is 0.337 e. The van der Waals surface area contributed by atoms with Gasteiger partial charge in [-0.15, -0.1) is 0 Å². The quantitative estimate of drug-likeness (QED) is 0.740. The molecule has 6 nitrogen and oxygen atoms in total. The molecule has 1 aromatic heterocycles. The Bertz CT molecular complexity index is 1060. The third-order valence-corrected chi connectivity index (χ3v) is 6.49. The fourth-order valence-corrected chi connectivity index (χ4v) is 4.78. The molecule has 1 aliphatic carbocycles. The van der Waals surface area contributed by atoms with Crippen molar-refractivity contribution in [1.29, 1.82) is 0 Å². The molecular weight excluding hydrogens is 409 g/mol. The molecule has 5 rings (SSSR count). The van der Waals surface area contributed by atoms with E-state index in [2.05, 4.69) is 5.10 Å². The van der Waals surface area contributed by atoms with E-state index in [1.165, 1.54) is 0 Å². The summed E-state index contributed by atoms with van der Waals surface area (Å²) in [6, 6.07) is 6.35. The molecule has 9 heteroatoms. The first-order valence-electron chi connectivity index (χ1n) is 10.6. The largest absolute Gasteiger partial charge is 0.433 e. The first-order chi connectivity index (χ1) is 14.7. The summed E-state index contributed by atoms with van der Waals surface area (Å²) < 4.78 is 41.4. The van der Waals surface area contributed by atoms with Crippen molar-refractivity contribution in [3.8, 4) is 0 Å². The molecular formula is C22H23F3N4O2. The number of hydrogen-bond donors (Lipinski definition) is 0. The fourth-order valence-electron chi connectivity index (χ4n) is 4.78. The number of amides is 2. The minimum absolute atomic E-state index is 0.0494. The minimum atomic E-state index is -4.56. The third kappa shape index (κ3) is 3.49. The molecule has 1 saturated heterocycles. The summed E-state index contributed by atoms with van der Waals surface area (Å²) in [7, 11) is 1.73. The van der Waals surface area contributed by atoms with E-state index in [9.17, 15) is 22.8 Å². The van der Waals surface area contributed by atoms with Gasteiger partial charge in [-0.05, 0) is 48.9 Å². The Morgan fingerprint density at radius 3 is 2.71 bits per heavy atom. The predicted octanol–water partition coefficient (Wildman–Crippen LogP) is 3.73. The SMILES string of the molecule is CN1Cc2c(cccc2C2CCCN2C(=O)Cn2nc(C3CC3)cc2C(F)(F)F)C1=O. The van der Waals surface area contributed by atoms with Crippen LogP contribution in [0.5, 0.6) is 0 Å². The molecule has 1 saturated carbocycles. The van der Waals surface area contributed by atoms with Crippen LogP contribution < -0.4 is 0 Å². The number of alkyl halides is 3. The summed E-state index contributed by atoms with van der Waals surface area (Å²) in [4.78, 5) is 28.7. The number of halogens is 3. The zero-order valence-electron chi connectivity index (χ0n) is 17.2. The van der Waals surface area contributed by atoms with Crippen molar-refractivity contribution in [3.05, 3.63) is 52.3 Å². The lowest BCUT2D eigenvalue weighted by atomic mass is 9.95. The van der Waals surface area contributed by atoms with Gasteiger partial charge in [-0.3, -0.25) is 14.3 Å². The van der Waals surface area contributed by atoms with E-state index in [-0.39, 0.29) is 23.8 Å². The molecule has 2 aromatic rings. The Morgan fingerprint density at radius 1 is 1.23 bits per heavy atom. The second-order valence-electron chi connectivity index (χ2n) is 8.66. The molecule has 2 amide bonds. The molecule has 2 fully saturated rings. The van der Waals surface area contributed by atoms with Crippen LogP contribution in [0.1, 0.15) is 70.5 Å². The maximum Gasteiger partial charge on any atom is 0.433 e. The van der Waals surface area contributed by atoms with Crippen LogP contribution in [0, 0.1) is 0 Å². The Balaban J connectivity index is 1.42. The molecule has 31 heavy (non-hydrogen) atoms. The van der Waals surface area contributed by atoms with Crippen molar-refractivity contribution < 1.29 is 22.8 Å². The van der Waals surface area contributed by atoms with Gasteiger partial charge < -0.3 is 9.80 Å². The highest BCUT2D eigenvalue weighted by Gasteiger charge is 2.40. The standard InChI is InChI=1S/C22H23F3N4O2/c1-27-11-16-14(4-2-5-15(16)21(27)31)18-6-3-9-28(18)20(30)12-29-19(22(23,24)25)10-17(26-29)13-7-8-13/h2,4-5,10,13,18H,3,6-9,11-12H2,1H3. The maximum absolute atomic E-state index is 13.5. The van der Waals surface area contributed by atoms with E-state index in [4.69, 9.17) is 0 Å². The lowest BCUT2D eigenvalue weighted by molar-refractivity contribution is -0.146. The molecule has 1 atom stereocenters. The van der Waals surface area contributed by atoms with E-state index >= 15 is 0 Å². The first kappa shape index (κ1) is 20.1. The van der Waals surface area contributed by atoms with Gasteiger partial charge >= 0.3 is 6.18 Å². The number of aromatic nitrogens is 2. The molecule has 1 unspecified atom stereocenters. The zero-order chi connectivity index (χ0) is 21.9. The van der Waals surface area contributed by atoms with E-state index in [0.717, 1.165) is 47.6 Å². The van der Waals surface area contributed by atoms with Gasteiger partial charge in [-0.25, -0.2) is 0 Å². The molecule has 0 N–H and O–H groups in total. The van der Waals surface area contributed by atoms with Gasteiger partial charge in [0.05, 0.1) is 11.7 Å². The topological polar surface area (TPSA) is 58.4 Å². The minimum Gasteiger partial charge on any atom is -0.337 e. The molecule has 2 aliphatic heterocycles. The Labute approximate surface area is 177 Å². The first-order valence-corrected chi connectivity index (χ1v) is 10.6. The molecule has 3 heterocycles. The number of hydrogen-bond acceptors (Lipinski definition) is 3. The van der Waals surface area contributed by atoms with Gasteiger partial charge in [0.1, 0.15) is 12.2 Å². The van der Waals surface area contributed by atoms with Crippen LogP contribution in [-0.4, -0.2) is 45.0 Å². The summed E-state index contributed by atoms with van der Waals surface area (Å²) in [5.41, 5.74) is 2.01. The number of rotatable bonds is 4. The van der Waals surface area contributed by atoms with Crippen molar-refractivity contribution in [2.24, 2.45) is 0 Å². The lowest BCUT2D eigenvalue weighted by Gasteiger charge is -2.27. The van der Waals surface area contributed by atoms with Crippen LogP contribution in [-0.2, 0) is 24.1 Å². The summed E-state index contributed by atoms with van der Waals surface area (Å²) in [5.74, 6) is -0.362. The molecule has 164 valence electrons. The zero-order valence-corrected chi connectivity index (χ0v) is 17.2. The highest BCUT2D eigenvalue weighted by molar-refractivity contribution is 5.98. The number of likely N-dealkylation sites (tertiary alicyclic amines) is 1. The van der Waals surface area contributed by atoms with Crippen molar-refractivity contribution in [2.45, 2.75) is 56.9 Å². The summed E-state index contributed by atoms with van der Waals surface area (Å²) in [6.07, 6.45) is -1.40. The van der Waals surface area contributed by atoms with Crippen molar-refractivity contribution >= 4 is 11.8 Å². The van der Waals surface area contributed by atoms with Crippen LogP contribution in [0.3, 0.4) is 0 Å². The normalized spacial score (nSPS) is 21.2. The predicted molar refractivity (Wildman–Crippen MR) is 105 cm³/mol. The number of nitrogens with zero attached hydrogens (tertiary/aromatic N) is 4. The van der Waals surface area contributed by atoms with E-state index in [1.807, 2.05) is 12.1 Å². The monoisotopic (exact) mass is 432 g/mol. The summed E-state index contributed by atoms with van der Waals surface area (Å²) in [6.45, 7) is 0.520. The number of benzene rings is 1. The number of carbonyl (C=O) groups excluding carboxylic acids is 2. The van der Waals surface area contributed by atoms with Crippen LogP contribution in [0.15, 0.2) is 24.3 Å². The highest BCUT2D eigenvalue weighted by Crippen LogP contribution is 2.42. The average molecular weight is 432 g/mol. The van der Waals surface area contributed by atoms with Gasteiger partial charge in [0, 0.05) is 31.6 Å². The van der Waals surface area contributed by atoms with Crippen LogP contribution in [0.2, 0.25) is 0 Å². The van der Waals surface area contributed by atoms with E-state index in [1.54, 1.807) is 22.9 Å². The summed E-state index contributed by atoms with van der Waals surface area (Å²) in [5, 5.41) is 4.12. The van der Waals surface area contributed by atoms with Crippen molar-refractivity contribution in [2.75, 3.05) is 13.6 Å². The third-order valence-electron chi connectivity index (χ3n) is 6.49. The fraction of sp³-hybridized carbons (Fsp3) is 0.500. The van der Waals surface area contributed by atoms with Crippen LogP contribution >= 0.6 is 0 Å². The number of carbonyl (C=O) groups is 2. The van der Waals surface area contributed by atoms with Gasteiger partial charge in [-0.2, -0.15) is 18.3 Å². The highest BCUT2D eigenvalue weighted by atomic mass is 19.4. The molecule has 3 aliphatic rings. The Morgan fingerprint density at radius 2 is 2.00 bits per heavy atom. The Hall–Kier alpha value is -2.84. The maximum atomic E-state index is 13.5. The molecule has 1 aromatic carbocycles. The van der Waals surface area contributed by atoms with E-state index in [0.29, 0.717) is 24.3 Å².